The van der Waals surface area contributed by atoms with Crippen LogP contribution in [0.2, 0.25) is 0 Å². The fraction of sp³-hybridized carbons (Fsp3) is 0.143. The van der Waals surface area contributed by atoms with Crippen LogP contribution in [0.5, 0.6) is 5.75 Å². The van der Waals surface area contributed by atoms with Gasteiger partial charge in [-0.1, -0.05) is 53.3 Å². The molecule has 196 valence electrons. The molecule has 39 heavy (non-hydrogen) atoms. The van der Waals surface area contributed by atoms with E-state index in [4.69, 9.17) is 4.74 Å². The molecule has 1 aromatic heterocycles. The molecule has 4 aromatic rings. The van der Waals surface area contributed by atoms with Gasteiger partial charge in [-0.2, -0.15) is 0 Å². The Labute approximate surface area is 227 Å². The minimum atomic E-state index is -1.14. The molecule has 0 spiro atoms. The van der Waals surface area contributed by atoms with E-state index in [1.165, 1.54) is 18.2 Å². The number of ketones is 1. The molecule has 1 saturated heterocycles. The van der Waals surface area contributed by atoms with Gasteiger partial charge in [0.2, 0.25) is 5.13 Å². The minimum absolute atomic E-state index is 0.144. The number of nitrogens with zero attached hydrogens (tertiary/aromatic N) is 4. The van der Waals surface area contributed by atoms with Gasteiger partial charge in [-0.05, 0) is 49.2 Å². The van der Waals surface area contributed by atoms with Gasteiger partial charge in [-0.3, -0.25) is 24.6 Å². The molecule has 0 aliphatic carbocycles. The third-order valence-corrected chi connectivity index (χ3v) is 7.02. The van der Waals surface area contributed by atoms with E-state index in [1.54, 1.807) is 37.3 Å². The van der Waals surface area contributed by atoms with Crippen LogP contribution in [0.15, 0.2) is 78.4 Å². The quantitative estimate of drug-likeness (QED) is 0.110. The van der Waals surface area contributed by atoms with Crippen LogP contribution in [0, 0.1) is 24.0 Å². The summed E-state index contributed by atoms with van der Waals surface area (Å²) in [6.45, 7) is 4.05. The largest absolute Gasteiger partial charge is 0.507 e. The summed E-state index contributed by atoms with van der Waals surface area (Å²) in [6.07, 6.45) is 0. The maximum Gasteiger partial charge on any atom is 0.301 e. The first-order valence-corrected chi connectivity index (χ1v) is 12.7. The summed E-state index contributed by atoms with van der Waals surface area (Å²) in [5.41, 5.74) is 2.25. The zero-order valence-corrected chi connectivity index (χ0v) is 21.7. The lowest BCUT2D eigenvalue weighted by molar-refractivity contribution is -0.384. The van der Waals surface area contributed by atoms with Crippen LogP contribution < -0.4 is 9.64 Å². The summed E-state index contributed by atoms with van der Waals surface area (Å²) in [4.78, 5) is 38.4. The molecule has 10 nitrogen and oxygen atoms in total. The Morgan fingerprint density at radius 3 is 2.46 bits per heavy atom. The highest BCUT2D eigenvalue weighted by atomic mass is 32.1. The van der Waals surface area contributed by atoms with Crippen molar-refractivity contribution >= 4 is 39.6 Å². The van der Waals surface area contributed by atoms with Crippen molar-refractivity contribution in [1.29, 1.82) is 0 Å². The topological polar surface area (TPSA) is 136 Å². The third-order valence-electron chi connectivity index (χ3n) is 6.18. The number of hydrogen-bond acceptors (Lipinski definition) is 9. The van der Waals surface area contributed by atoms with Gasteiger partial charge < -0.3 is 9.84 Å². The normalized spacial score (nSPS) is 16.5. The van der Waals surface area contributed by atoms with E-state index in [9.17, 15) is 24.8 Å². The van der Waals surface area contributed by atoms with Crippen molar-refractivity contribution in [3.05, 3.63) is 116 Å². The summed E-state index contributed by atoms with van der Waals surface area (Å²) in [6, 6.07) is 18.8. The number of carbonyl (C=O) groups is 2. The van der Waals surface area contributed by atoms with Crippen molar-refractivity contribution in [3.8, 4) is 5.75 Å². The molecular weight excluding hydrogens is 520 g/mol. The van der Waals surface area contributed by atoms with E-state index >= 15 is 0 Å². The third kappa shape index (κ3) is 5.12. The average Bonchev–Trinajstić information content (AvgIpc) is 3.47. The number of aliphatic hydroxyl groups excluding tert-OH is 1. The van der Waals surface area contributed by atoms with Gasteiger partial charge >= 0.3 is 5.91 Å². The van der Waals surface area contributed by atoms with Gasteiger partial charge in [-0.15, -0.1) is 10.2 Å². The number of benzene rings is 3. The number of aliphatic hydroxyl groups is 1. The number of hydrogen-bond donors (Lipinski definition) is 1. The van der Waals surface area contributed by atoms with E-state index in [1.807, 2.05) is 31.2 Å². The van der Waals surface area contributed by atoms with E-state index in [0.717, 1.165) is 27.4 Å². The Morgan fingerprint density at radius 2 is 1.79 bits per heavy atom. The monoisotopic (exact) mass is 542 g/mol. The summed E-state index contributed by atoms with van der Waals surface area (Å²) < 4.78 is 5.84. The van der Waals surface area contributed by atoms with Crippen LogP contribution >= 0.6 is 11.3 Å². The first kappa shape index (κ1) is 25.7. The van der Waals surface area contributed by atoms with Crippen LogP contribution in [0.4, 0.5) is 10.8 Å². The van der Waals surface area contributed by atoms with Crippen LogP contribution in [0.1, 0.15) is 33.3 Å². The lowest BCUT2D eigenvalue weighted by Crippen LogP contribution is -2.29. The molecule has 1 amide bonds. The lowest BCUT2D eigenvalue weighted by atomic mass is 9.95. The lowest BCUT2D eigenvalue weighted by Gasteiger charge is -2.22. The van der Waals surface area contributed by atoms with Crippen molar-refractivity contribution in [2.45, 2.75) is 26.5 Å². The second-order valence-corrected chi connectivity index (χ2v) is 10.1. The summed E-state index contributed by atoms with van der Waals surface area (Å²) >= 11 is 1.09. The standard InChI is InChI=1S/C28H22N4O6S/c1-16-5-3-6-18(13-16)15-38-22-11-9-19(10-12-22)25(33)23-24(20-7-4-8-21(14-20)32(36)37)31(27(35)26(23)34)28-30-29-17(2)39-28/h3-14,24,33H,15H2,1-2H3/b25-23-. The van der Waals surface area contributed by atoms with Crippen molar-refractivity contribution in [3.63, 3.8) is 0 Å². The van der Waals surface area contributed by atoms with E-state index < -0.39 is 28.4 Å². The average molecular weight is 543 g/mol. The molecule has 1 atom stereocenters. The van der Waals surface area contributed by atoms with Gasteiger partial charge in [0.1, 0.15) is 23.1 Å². The molecule has 5 rings (SSSR count). The molecule has 1 fully saturated rings. The van der Waals surface area contributed by atoms with Gasteiger partial charge in [0, 0.05) is 17.7 Å². The number of nitro groups is 1. The molecule has 1 aliphatic heterocycles. The number of non-ortho nitro benzene ring substituents is 1. The van der Waals surface area contributed by atoms with Crippen LogP contribution in [0.25, 0.3) is 5.76 Å². The number of carbonyl (C=O) groups excluding carboxylic acids is 2. The molecule has 3 aromatic carbocycles. The van der Waals surface area contributed by atoms with Gasteiger partial charge in [0.15, 0.2) is 0 Å². The number of aromatic nitrogens is 2. The Balaban J connectivity index is 1.53. The highest BCUT2D eigenvalue weighted by Crippen LogP contribution is 2.43. The number of anilines is 1. The summed E-state index contributed by atoms with van der Waals surface area (Å²) in [5.74, 6) is -1.72. The number of ether oxygens (including phenoxy) is 1. The van der Waals surface area contributed by atoms with E-state index in [-0.39, 0.29) is 27.5 Å². The number of amides is 1. The molecule has 2 heterocycles. The van der Waals surface area contributed by atoms with Crippen LogP contribution in [-0.2, 0) is 16.2 Å². The van der Waals surface area contributed by atoms with Gasteiger partial charge in [-0.25, -0.2) is 0 Å². The molecular formula is C28H22N4O6S. The minimum Gasteiger partial charge on any atom is -0.507 e. The first-order chi connectivity index (χ1) is 18.7. The number of Topliss-reactive ketones (excluding diaryl/α,β-unsaturated/α-hetero) is 1. The molecule has 11 heteroatoms. The highest BCUT2D eigenvalue weighted by molar-refractivity contribution is 7.15. The Hall–Kier alpha value is -4.90. The predicted octanol–water partition coefficient (Wildman–Crippen LogP) is 5.27. The fourth-order valence-corrected chi connectivity index (χ4v) is 5.08. The molecule has 1 unspecified atom stereocenters. The van der Waals surface area contributed by atoms with Gasteiger partial charge in [0.25, 0.3) is 11.5 Å². The maximum atomic E-state index is 13.3. The van der Waals surface area contributed by atoms with Crippen molar-refractivity contribution in [1.82, 2.24) is 10.2 Å². The molecule has 1 aliphatic rings. The van der Waals surface area contributed by atoms with Crippen LogP contribution in [0.3, 0.4) is 0 Å². The summed E-state index contributed by atoms with van der Waals surface area (Å²) in [5, 5.41) is 31.4. The fourth-order valence-electron chi connectivity index (χ4n) is 4.37. The maximum absolute atomic E-state index is 13.3. The molecule has 0 saturated carbocycles. The molecule has 0 bridgehead atoms. The number of rotatable bonds is 7. The molecule has 1 N–H and O–H groups in total. The predicted molar refractivity (Wildman–Crippen MR) is 144 cm³/mol. The Morgan fingerprint density at radius 1 is 1.05 bits per heavy atom. The SMILES string of the molecule is Cc1cccc(COc2ccc(/C(O)=C3/C(=O)C(=O)N(c4nnc(C)s4)C3c3cccc([N+](=O)[O-])c3)cc2)c1. The van der Waals surface area contributed by atoms with Gasteiger partial charge in [0.05, 0.1) is 16.5 Å². The zero-order valence-electron chi connectivity index (χ0n) is 20.9. The zero-order chi connectivity index (χ0) is 27.7. The Bertz CT molecular complexity index is 1630. The van der Waals surface area contributed by atoms with Crippen molar-refractivity contribution in [2.24, 2.45) is 0 Å². The second kappa shape index (κ2) is 10.5. The number of nitro benzene ring substituents is 1. The highest BCUT2D eigenvalue weighted by Gasteiger charge is 2.48. The van der Waals surface area contributed by atoms with E-state index in [0.29, 0.717) is 17.4 Å². The van der Waals surface area contributed by atoms with Crippen molar-refractivity contribution < 1.29 is 24.4 Å². The molecule has 0 radical (unpaired) electrons. The van der Waals surface area contributed by atoms with E-state index in [2.05, 4.69) is 10.2 Å². The van der Waals surface area contributed by atoms with Crippen LogP contribution in [-0.4, -0.2) is 31.9 Å². The summed E-state index contributed by atoms with van der Waals surface area (Å²) in [7, 11) is 0. The second-order valence-electron chi connectivity index (χ2n) is 8.93. The number of aryl methyl sites for hydroxylation is 2. The Kier molecular flexibility index (Phi) is 6.90. The smallest absolute Gasteiger partial charge is 0.301 e. The first-order valence-electron chi connectivity index (χ1n) is 11.9. The van der Waals surface area contributed by atoms with Crippen molar-refractivity contribution in [2.75, 3.05) is 4.90 Å².